The number of aryl methyl sites for hydroxylation is 1. The second kappa shape index (κ2) is 3.23. The van der Waals surface area contributed by atoms with Crippen LogP contribution in [-0.2, 0) is 6.42 Å². The van der Waals surface area contributed by atoms with Crippen LogP contribution in [0.1, 0.15) is 30.0 Å². The molecule has 1 heterocycles. The molecule has 1 aromatic rings. The van der Waals surface area contributed by atoms with E-state index in [1.807, 2.05) is 12.3 Å². The normalized spacial score (nSPS) is 21.9. The van der Waals surface area contributed by atoms with Crippen LogP contribution in [0, 0.1) is 0 Å². The third-order valence-electron chi connectivity index (χ3n) is 2.62. The zero-order chi connectivity index (χ0) is 8.39. The molecule has 0 bridgehead atoms. The summed E-state index contributed by atoms with van der Waals surface area (Å²) in [5.74, 6) is 0.558. The molecule has 0 amide bonds. The largest absolute Gasteiger partial charge is 0.330 e. The molecule has 0 fully saturated rings. The summed E-state index contributed by atoms with van der Waals surface area (Å²) in [5.41, 5.74) is 8.33. The Morgan fingerprint density at radius 2 is 2.50 bits per heavy atom. The van der Waals surface area contributed by atoms with Gasteiger partial charge in [-0.2, -0.15) is 0 Å². The number of rotatable bonds is 1. The highest BCUT2D eigenvalue weighted by Crippen LogP contribution is 2.28. The predicted molar refractivity (Wildman–Crippen MR) is 49.0 cm³/mol. The average molecular weight is 162 g/mol. The molecule has 0 aromatic carbocycles. The summed E-state index contributed by atoms with van der Waals surface area (Å²) in [4.78, 5) is 4.36. The molecule has 1 atom stereocenters. The third-order valence-corrected chi connectivity index (χ3v) is 2.62. The molecule has 1 unspecified atom stereocenters. The first kappa shape index (κ1) is 7.74. The van der Waals surface area contributed by atoms with Crippen LogP contribution in [-0.4, -0.2) is 11.5 Å². The van der Waals surface area contributed by atoms with E-state index in [1.54, 1.807) is 0 Å². The Morgan fingerprint density at radius 1 is 1.58 bits per heavy atom. The van der Waals surface area contributed by atoms with Crippen molar-refractivity contribution >= 4 is 0 Å². The second-order valence-electron chi connectivity index (χ2n) is 3.36. The van der Waals surface area contributed by atoms with Crippen LogP contribution >= 0.6 is 0 Å². The summed E-state index contributed by atoms with van der Waals surface area (Å²) in [5, 5.41) is 0. The van der Waals surface area contributed by atoms with Gasteiger partial charge in [0.15, 0.2) is 0 Å². The monoisotopic (exact) mass is 162 g/mol. The molecule has 2 heteroatoms. The summed E-state index contributed by atoms with van der Waals surface area (Å²) in [7, 11) is 0. The fourth-order valence-corrected chi connectivity index (χ4v) is 1.95. The highest BCUT2D eigenvalue weighted by atomic mass is 14.7. The van der Waals surface area contributed by atoms with Crippen molar-refractivity contribution in [2.24, 2.45) is 5.73 Å². The standard InChI is InChI=1S/C10H14N2/c11-7-8-3-1-5-10-9(8)4-2-6-12-10/h2,4,6,8H,1,3,5,7,11H2. The maximum atomic E-state index is 5.69. The van der Waals surface area contributed by atoms with Gasteiger partial charge in [0.2, 0.25) is 0 Å². The molecule has 1 aliphatic rings. The minimum Gasteiger partial charge on any atom is -0.330 e. The molecule has 1 aromatic heterocycles. The molecule has 0 saturated carbocycles. The molecule has 2 nitrogen and oxygen atoms in total. The molecule has 2 rings (SSSR count). The van der Waals surface area contributed by atoms with Crippen LogP contribution in [0.15, 0.2) is 18.3 Å². The predicted octanol–water partition coefficient (Wildman–Crippen LogP) is 1.46. The lowest BCUT2D eigenvalue weighted by molar-refractivity contribution is 0.551. The highest BCUT2D eigenvalue weighted by Gasteiger charge is 2.18. The molecular weight excluding hydrogens is 148 g/mol. The fraction of sp³-hybridized carbons (Fsp3) is 0.500. The maximum Gasteiger partial charge on any atom is 0.0438 e. The van der Waals surface area contributed by atoms with Crippen molar-refractivity contribution in [1.29, 1.82) is 0 Å². The van der Waals surface area contributed by atoms with Gasteiger partial charge >= 0.3 is 0 Å². The van der Waals surface area contributed by atoms with E-state index in [4.69, 9.17) is 5.73 Å². The van der Waals surface area contributed by atoms with E-state index < -0.39 is 0 Å². The Labute approximate surface area is 72.8 Å². The number of hydrogen-bond acceptors (Lipinski definition) is 2. The van der Waals surface area contributed by atoms with Gasteiger partial charge in [-0.05, 0) is 43.4 Å². The Balaban J connectivity index is 2.37. The minimum absolute atomic E-state index is 0.558. The van der Waals surface area contributed by atoms with E-state index in [-0.39, 0.29) is 0 Å². The van der Waals surface area contributed by atoms with E-state index >= 15 is 0 Å². The fourth-order valence-electron chi connectivity index (χ4n) is 1.95. The summed E-state index contributed by atoms with van der Waals surface area (Å²) in [6.07, 6.45) is 5.48. The second-order valence-corrected chi connectivity index (χ2v) is 3.36. The van der Waals surface area contributed by atoms with Crippen molar-refractivity contribution in [3.05, 3.63) is 29.6 Å². The van der Waals surface area contributed by atoms with Gasteiger partial charge in [-0.15, -0.1) is 0 Å². The van der Waals surface area contributed by atoms with Crippen LogP contribution in [0.4, 0.5) is 0 Å². The number of hydrogen-bond donors (Lipinski definition) is 1. The molecule has 12 heavy (non-hydrogen) atoms. The topological polar surface area (TPSA) is 38.9 Å². The van der Waals surface area contributed by atoms with E-state index in [9.17, 15) is 0 Å². The quantitative estimate of drug-likeness (QED) is 0.679. The summed E-state index contributed by atoms with van der Waals surface area (Å²) in [6.45, 7) is 0.763. The van der Waals surface area contributed by atoms with E-state index in [0.29, 0.717) is 5.92 Å². The van der Waals surface area contributed by atoms with Crippen LogP contribution in [0.3, 0.4) is 0 Å². The maximum absolute atomic E-state index is 5.69. The number of pyridine rings is 1. The van der Waals surface area contributed by atoms with Crippen molar-refractivity contribution in [3.63, 3.8) is 0 Å². The van der Waals surface area contributed by atoms with E-state index in [1.165, 1.54) is 24.1 Å². The molecule has 0 aliphatic heterocycles. The van der Waals surface area contributed by atoms with Crippen LogP contribution < -0.4 is 5.73 Å². The van der Waals surface area contributed by atoms with Gasteiger partial charge in [0.05, 0.1) is 0 Å². The minimum atomic E-state index is 0.558. The van der Waals surface area contributed by atoms with Gasteiger partial charge in [0, 0.05) is 11.9 Å². The van der Waals surface area contributed by atoms with E-state index in [0.717, 1.165) is 13.0 Å². The molecule has 0 spiro atoms. The van der Waals surface area contributed by atoms with Crippen LogP contribution in [0.5, 0.6) is 0 Å². The zero-order valence-electron chi connectivity index (χ0n) is 7.16. The molecule has 64 valence electrons. The SMILES string of the molecule is NCC1CCCc2ncccc21. The van der Waals surface area contributed by atoms with E-state index in [2.05, 4.69) is 11.1 Å². The Hall–Kier alpha value is -0.890. The Kier molecular flexibility index (Phi) is 2.09. The van der Waals surface area contributed by atoms with Crippen molar-refractivity contribution in [1.82, 2.24) is 4.98 Å². The molecular formula is C10H14N2. The van der Waals surface area contributed by atoms with Crippen molar-refractivity contribution in [2.45, 2.75) is 25.2 Å². The molecule has 0 radical (unpaired) electrons. The van der Waals surface area contributed by atoms with Crippen molar-refractivity contribution in [2.75, 3.05) is 6.54 Å². The lowest BCUT2D eigenvalue weighted by Gasteiger charge is -2.22. The Bertz CT molecular complexity index is 270. The van der Waals surface area contributed by atoms with Crippen LogP contribution in [0.25, 0.3) is 0 Å². The molecule has 0 saturated heterocycles. The number of aromatic nitrogens is 1. The van der Waals surface area contributed by atoms with Crippen molar-refractivity contribution in [3.8, 4) is 0 Å². The van der Waals surface area contributed by atoms with Gasteiger partial charge in [-0.3, -0.25) is 4.98 Å². The average Bonchev–Trinajstić information content (AvgIpc) is 2.17. The lowest BCUT2D eigenvalue weighted by Crippen LogP contribution is -2.18. The summed E-state index contributed by atoms with van der Waals surface area (Å²) >= 11 is 0. The highest BCUT2D eigenvalue weighted by molar-refractivity contribution is 5.26. The smallest absolute Gasteiger partial charge is 0.0438 e. The first-order valence-corrected chi connectivity index (χ1v) is 4.55. The third kappa shape index (κ3) is 1.23. The van der Waals surface area contributed by atoms with Crippen molar-refractivity contribution < 1.29 is 0 Å². The first-order chi connectivity index (χ1) is 5.92. The van der Waals surface area contributed by atoms with Gasteiger partial charge < -0.3 is 5.73 Å². The van der Waals surface area contributed by atoms with Gasteiger partial charge in [-0.1, -0.05) is 6.07 Å². The van der Waals surface area contributed by atoms with Gasteiger partial charge in [0.25, 0.3) is 0 Å². The molecule has 2 N–H and O–H groups in total. The summed E-state index contributed by atoms with van der Waals surface area (Å²) in [6, 6.07) is 4.17. The summed E-state index contributed by atoms with van der Waals surface area (Å²) < 4.78 is 0. The van der Waals surface area contributed by atoms with Gasteiger partial charge in [-0.25, -0.2) is 0 Å². The van der Waals surface area contributed by atoms with Gasteiger partial charge in [0.1, 0.15) is 0 Å². The molecule has 1 aliphatic carbocycles. The number of fused-ring (bicyclic) bond motifs is 1. The number of nitrogens with zero attached hydrogens (tertiary/aromatic N) is 1. The Morgan fingerprint density at radius 3 is 3.33 bits per heavy atom. The lowest BCUT2D eigenvalue weighted by atomic mass is 9.86. The van der Waals surface area contributed by atoms with Crippen LogP contribution in [0.2, 0.25) is 0 Å². The first-order valence-electron chi connectivity index (χ1n) is 4.55. The number of nitrogens with two attached hydrogens (primary N) is 1. The zero-order valence-corrected chi connectivity index (χ0v) is 7.16.